The predicted molar refractivity (Wildman–Crippen MR) is 91.8 cm³/mol. The summed E-state index contributed by atoms with van der Waals surface area (Å²) in [6.45, 7) is 3.90. The van der Waals surface area contributed by atoms with E-state index in [1.54, 1.807) is 23.1 Å². The molecule has 1 saturated heterocycles. The largest absolute Gasteiger partial charge is 0.379 e. The molecular formula is C17H21ClN4O2. The Bertz CT molecular complexity index is 639. The molecule has 0 bridgehead atoms. The summed E-state index contributed by atoms with van der Waals surface area (Å²) in [7, 11) is 0. The van der Waals surface area contributed by atoms with Crippen molar-refractivity contribution in [3.05, 3.63) is 53.3 Å². The van der Waals surface area contributed by atoms with Crippen molar-refractivity contribution in [3.63, 3.8) is 0 Å². The standard InChI is InChI=1S/C17H21ClN4O2/c18-15-4-2-14(3-5-15)16(21-8-10-24-11-9-21)12-19-17(23)13-22-7-1-6-20-22/h1-7,16H,8-13H2,(H,19,23)/t16-/m0/s1. The molecule has 0 unspecified atom stereocenters. The second kappa shape index (κ2) is 8.28. The summed E-state index contributed by atoms with van der Waals surface area (Å²) in [5.74, 6) is -0.0501. The third-order valence-corrected chi connectivity index (χ3v) is 4.35. The number of nitrogens with zero attached hydrogens (tertiary/aromatic N) is 3. The molecule has 6 nitrogen and oxygen atoms in total. The van der Waals surface area contributed by atoms with E-state index < -0.39 is 0 Å². The smallest absolute Gasteiger partial charge is 0.241 e. The van der Waals surface area contributed by atoms with E-state index in [2.05, 4.69) is 15.3 Å². The van der Waals surface area contributed by atoms with Gasteiger partial charge in [-0.3, -0.25) is 14.4 Å². The van der Waals surface area contributed by atoms with Crippen LogP contribution in [0.4, 0.5) is 0 Å². The second-order valence-electron chi connectivity index (χ2n) is 5.72. The fourth-order valence-electron chi connectivity index (χ4n) is 2.84. The molecule has 1 atom stereocenters. The molecule has 3 rings (SSSR count). The lowest BCUT2D eigenvalue weighted by Crippen LogP contribution is -2.44. The summed E-state index contributed by atoms with van der Waals surface area (Å²) in [5.41, 5.74) is 1.14. The van der Waals surface area contributed by atoms with Crippen molar-refractivity contribution in [2.24, 2.45) is 0 Å². The first-order chi connectivity index (χ1) is 11.7. The number of ether oxygens (including phenoxy) is 1. The van der Waals surface area contributed by atoms with Crippen molar-refractivity contribution < 1.29 is 9.53 Å². The van der Waals surface area contributed by atoms with Gasteiger partial charge in [-0.05, 0) is 23.8 Å². The first kappa shape index (κ1) is 17.0. The van der Waals surface area contributed by atoms with Crippen LogP contribution in [0.15, 0.2) is 42.7 Å². The van der Waals surface area contributed by atoms with Crippen LogP contribution in [0.5, 0.6) is 0 Å². The Morgan fingerprint density at radius 1 is 1.29 bits per heavy atom. The lowest BCUT2D eigenvalue weighted by Gasteiger charge is -2.35. The number of amides is 1. The van der Waals surface area contributed by atoms with Gasteiger partial charge in [-0.15, -0.1) is 0 Å². The number of rotatable bonds is 6. The second-order valence-corrected chi connectivity index (χ2v) is 6.16. The molecule has 7 heteroatoms. The SMILES string of the molecule is O=C(Cn1cccn1)NC[C@@H](c1ccc(Cl)cc1)N1CCOCC1. The van der Waals surface area contributed by atoms with E-state index >= 15 is 0 Å². The maximum atomic E-state index is 12.1. The number of carbonyl (C=O) groups is 1. The number of benzene rings is 1. The molecule has 1 aliphatic rings. The van der Waals surface area contributed by atoms with Gasteiger partial charge in [0.1, 0.15) is 6.54 Å². The quantitative estimate of drug-likeness (QED) is 0.863. The van der Waals surface area contributed by atoms with Crippen LogP contribution in [-0.2, 0) is 16.1 Å². The van der Waals surface area contributed by atoms with Crippen molar-refractivity contribution in [2.45, 2.75) is 12.6 Å². The zero-order valence-electron chi connectivity index (χ0n) is 13.4. The van der Waals surface area contributed by atoms with Gasteiger partial charge in [0.15, 0.2) is 0 Å². The van der Waals surface area contributed by atoms with Gasteiger partial charge in [-0.25, -0.2) is 0 Å². The van der Waals surface area contributed by atoms with Crippen LogP contribution in [0.3, 0.4) is 0 Å². The van der Waals surface area contributed by atoms with Crippen LogP contribution in [0.2, 0.25) is 5.02 Å². The fraction of sp³-hybridized carbons (Fsp3) is 0.412. The molecule has 24 heavy (non-hydrogen) atoms. The summed E-state index contributed by atoms with van der Waals surface area (Å²) in [5, 5.41) is 7.78. The fourth-order valence-corrected chi connectivity index (χ4v) is 2.97. The third-order valence-electron chi connectivity index (χ3n) is 4.10. The molecule has 1 amide bonds. The Labute approximate surface area is 146 Å². The molecule has 128 valence electrons. The van der Waals surface area contributed by atoms with Gasteiger partial charge in [0.2, 0.25) is 5.91 Å². The Hall–Kier alpha value is -1.89. The van der Waals surface area contributed by atoms with Gasteiger partial charge in [0, 0.05) is 37.1 Å². The molecule has 1 aliphatic heterocycles. The minimum absolute atomic E-state index is 0.0501. The highest BCUT2D eigenvalue weighted by atomic mass is 35.5. The molecule has 1 fully saturated rings. The Morgan fingerprint density at radius 2 is 2.04 bits per heavy atom. The van der Waals surface area contributed by atoms with E-state index in [1.807, 2.05) is 24.3 Å². The number of hydrogen-bond donors (Lipinski definition) is 1. The summed E-state index contributed by atoms with van der Waals surface area (Å²) in [4.78, 5) is 14.5. The van der Waals surface area contributed by atoms with E-state index in [4.69, 9.17) is 16.3 Å². The van der Waals surface area contributed by atoms with Crippen LogP contribution < -0.4 is 5.32 Å². The molecule has 0 spiro atoms. The minimum Gasteiger partial charge on any atom is -0.379 e. The highest BCUT2D eigenvalue weighted by Gasteiger charge is 2.23. The number of halogens is 1. The lowest BCUT2D eigenvalue weighted by molar-refractivity contribution is -0.122. The van der Waals surface area contributed by atoms with Gasteiger partial charge in [0.05, 0.1) is 19.3 Å². The average Bonchev–Trinajstić information content (AvgIpc) is 3.10. The zero-order valence-corrected chi connectivity index (χ0v) is 14.2. The lowest BCUT2D eigenvalue weighted by atomic mass is 10.0. The highest BCUT2D eigenvalue weighted by Crippen LogP contribution is 2.23. The van der Waals surface area contributed by atoms with E-state index in [-0.39, 0.29) is 18.5 Å². The normalized spacial score (nSPS) is 16.7. The summed E-state index contributed by atoms with van der Waals surface area (Å²) in [6.07, 6.45) is 3.44. The van der Waals surface area contributed by atoms with Crippen LogP contribution in [0.1, 0.15) is 11.6 Å². The number of morpholine rings is 1. The minimum atomic E-state index is -0.0501. The van der Waals surface area contributed by atoms with E-state index in [0.29, 0.717) is 24.8 Å². The van der Waals surface area contributed by atoms with E-state index in [1.165, 1.54) is 0 Å². The number of carbonyl (C=O) groups excluding carboxylic acids is 1. The van der Waals surface area contributed by atoms with Crippen LogP contribution in [-0.4, -0.2) is 53.4 Å². The number of nitrogens with one attached hydrogen (secondary N) is 1. The van der Waals surface area contributed by atoms with E-state index in [9.17, 15) is 4.79 Å². The first-order valence-electron chi connectivity index (χ1n) is 8.04. The first-order valence-corrected chi connectivity index (χ1v) is 8.41. The summed E-state index contributed by atoms with van der Waals surface area (Å²) < 4.78 is 7.05. The maximum Gasteiger partial charge on any atom is 0.241 e. The number of aromatic nitrogens is 2. The van der Waals surface area contributed by atoms with Crippen molar-refractivity contribution in [1.82, 2.24) is 20.0 Å². The van der Waals surface area contributed by atoms with Crippen LogP contribution in [0, 0.1) is 0 Å². The molecular weight excluding hydrogens is 328 g/mol. The van der Waals surface area contributed by atoms with Gasteiger partial charge in [0.25, 0.3) is 0 Å². The number of hydrogen-bond acceptors (Lipinski definition) is 4. The summed E-state index contributed by atoms with van der Waals surface area (Å²) in [6, 6.07) is 9.71. The van der Waals surface area contributed by atoms with Crippen LogP contribution in [0.25, 0.3) is 0 Å². The maximum absolute atomic E-state index is 12.1. The average molecular weight is 349 g/mol. The molecule has 2 aromatic rings. The van der Waals surface area contributed by atoms with Crippen molar-refractivity contribution in [1.29, 1.82) is 0 Å². The Morgan fingerprint density at radius 3 is 2.71 bits per heavy atom. The summed E-state index contributed by atoms with van der Waals surface area (Å²) >= 11 is 6.00. The molecule has 1 aromatic heterocycles. The monoisotopic (exact) mass is 348 g/mol. The molecule has 1 N–H and O–H groups in total. The Balaban J connectivity index is 1.65. The molecule has 2 heterocycles. The molecule has 0 aliphatic carbocycles. The van der Waals surface area contributed by atoms with Crippen molar-refractivity contribution in [2.75, 3.05) is 32.8 Å². The topological polar surface area (TPSA) is 59.4 Å². The van der Waals surface area contributed by atoms with Crippen molar-refractivity contribution in [3.8, 4) is 0 Å². The van der Waals surface area contributed by atoms with Gasteiger partial charge in [-0.1, -0.05) is 23.7 Å². The Kier molecular flexibility index (Phi) is 5.85. The predicted octanol–water partition coefficient (Wildman–Crippen LogP) is 1.73. The van der Waals surface area contributed by atoms with Gasteiger partial charge in [-0.2, -0.15) is 5.10 Å². The van der Waals surface area contributed by atoms with Crippen molar-refractivity contribution >= 4 is 17.5 Å². The van der Waals surface area contributed by atoms with Gasteiger partial charge >= 0.3 is 0 Å². The highest BCUT2D eigenvalue weighted by molar-refractivity contribution is 6.30. The molecule has 0 radical (unpaired) electrons. The molecule has 0 saturated carbocycles. The molecule has 1 aromatic carbocycles. The van der Waals surface area contributed by atoms with E-state index in [0.717, 1.165) is 18.7 Å². The third kappa shape index (κ3) is 4.56. The zero-order chi connectivity index (χ0) is 16.8. The van der Waals surface area contributed by atoms with Crippen LogP contribution >= 0.6 is 11.6 Å². The van der Waals surface area contributed by atoms with Gasteiger partial charge < -0.3 is 10.1 Å².